The smallest absolute Gasteiger partial charge is 0.227 e. The van der Waals surface area contributed by atoms with Crippen LogP contribution in [0.5, 0.6) is 5.75 Å². The first-order valence-electron chi connectivity index (χ1n) is 4.22. The lowest BCUT2D eigenvalue weighted by Gasteiger charge is -2.02. The third-order valence-corrected chi connectivity index (χ3v) is 1.52. The molecule has 0 aliphatic heterocycles. The Morgan fingerprint density at radius 2 is 2.38 bits per heavy atom. The summed E-state index contributed by atoms with van der Waals surface area (Å²) >= 11 is 0. The molecule has 1 aromatic heterocycles. The molecule has 2 N–H and O–H groups in total. The SMILES string of the molecule is CCCOc1coc(CN)cc1=O. The molecule has 1 rings (SSSR count). The van der Waals surface area contributed by atoms with Crippen LogP contribution in [0, 0.1) is 0 Å². The molecule has 0 aliphatic rings. The summed E-state index contributed by atoms with van der Waals surface area (Å²) in [5.74, 6) is 0.716. The lowest BCUT2D eigenvalue weighted by atomic mass is 10.4. The molecule has 0 saturated carbocycles. The van der Waals surface area contributed by atoms with E-state index in [1.54, 1.807) is 0 Å². The minimum absolute atomic E-state index is 0.180. The predicted molar refractivity (Wildman–Crippen MR) is 48.7 cm³/mol. The second-order valence-corrected chi connectivity index (χ2v) is 2.63. The summed E-state index contributed by atoms with van der Waals surface area (Å²) in [6.45, 7) is 2.71. The van der Waals surface area contributed by atoms with Gasteiger partial charge in [-0.3, -0.25) is 4.79 Å². The summed E-state index contributed by atoms with van der Waals surface area (Å²) in [5.41, 5.74) is 5.12. The highest BCUT2D eigenvalue weighted by Gasteiger charge is 2.02. The van der Waals surface area contributed by atoms with Crippen LogP contribution in [0.4, 0.5) is 0 Å². The van der Waals surface area contributed by atoms with Gasteiger partial charge in [-0.1, -0.05) is 6.92 Å². The van der Waals surface area contributed by atoms with E-state index in [0.717, 1.165) is 6.42 Å². The van der Waals surface area contributed by atoms with Gasteiger partial charge in [0, 0.05) is 6.07 Å². The summed E-state index contributed by atoms with van der Waals surface area (Å²) in [6, 6.07) is 1.35. The number of hydrogen-bond donors (Lipinski definition) is 1. The standard InChI is InChI=1S/C9H13NO3/c1-2-3-12-9-6-13-7(5-10)4-8(9)11/h4,6H,2-3,5,10H2,1H3. The fraction of sp³-hybridized carbons (Fsp3) is 0.444. The second kappa shape index (κ2) is 4.67. The van der Waals surface area contributed by atoms with Crippen LogP contribution in [0.2, 0.25) is 0 Å². The van der Waals surface area contributed by atoms with Crippen molar-refractivity contribution < 1.29 is 9.15 Å². The zero-order valence-corrected chi connectivity index (χ0v) is 7.58. The Balaban J connectivity index is 2.80. The largest absolute Gasteiger partial charge is 0.487 e. The second-order valence-electron chi connectivity index (χ2n) is 2.63. The maximum absolute atomic E-state index is 11.3. The van der Waals surface area contributed by atoms with E-state index in [1.807, 2.05) is 6.92 Å². The Labute approximate surface area is 76.3 Å². The van der Waals surface area contributed by atoms with Crippen molar-refractivity contribution in [3.05, 3.63) is 28.3 Å². The van der Waals surface area contributed by atoms with Crippen LogP contribution >= 0.6 is 0 Å². The Hall–Kier alpha value is -1.29. The van der Waals surface area contributed by atoms with Gasteiger partial charge in [0.1, 0.15) is 12.0 Å². The lowest BCUT2D eigenvalue weighted by Crippen LogP contribution is -2.09. The van der Waals surface area contributed by atoms with E-state index >= 15 is 0 Å². The van der Waals surface area contributed by atoms with Crippen molar-refractivity contribution in [1.29, 1.82) is 0 Å². The summed E-state index contributed by atoms with van der Waals surface area (Å²) in [7, 11) is 0. The van der Waals surface area contributed by atoms with Crippen LogP contribution in [0.15, 0.2) is 21.5 Å². The van der Waals surface area contributed by atoms with Gasteiger partial charge in [0.05, 0.1) is 13.2 Å². The average Bonchev–Trinajstić information content (AvgIpc) is 2.16. The highest BCUT2D eigenvalue weighted by Crippen LogP contribution is 2.05. The van der Waals surface area contributed by atoms with Crippen LogP contribution in [-0.2, 0) is 6.54 Å². The fourth-order valence-corrected chi connectivity index (χ4v) is 0.863. The van der Waals surface area contributed by atoms with Gasteiger partial charge in [-0.25, -0.2) is 0 Å². The third kappa shape index (κ3) is 2.59. The Kier molecular flexibility index (Phi) is 3.52. The maximum Gasteiger partial charge on any atom is 0.227 e. The molecule has 0 radical (unpaired) electrons. The molecule has 0 bridgehead atoms. The Morgan fingerprint density at radius 1 is 1.62 bits per heavy atom. The Morgan fingerprint density at radius 3 is 2.92 bits per heavy atom. The Bertz CT molecular complexity index is 319. The molecule has 0 amide bonds. The molecule has 0 saturated heterocycles. The van der Waals surface area contributed by atoms with E-state index in [2.05, 4.69) is 0 Å². The summed E-state index contributed by atoms with van der Waals surface area (Å²) < 4.78 is 10.2. The first-order chi connectivity index (χ1) is 6.27. The van der Waals surface area contributed by atoms with Gasteiger partial charge in [0.2, 0.25) is 11.2 Å². The van der Waals surface area contributed by atoms with Gasteiger partial charge in [-0.15, -0.1) is 0 Å². The van der Waals surface area contributed by atoms with Gasteiger partial charge in [0.15, 0.2) is 0 Å². The van der Waals surface area contributed by atoms with E-state index in [-0.39, 0.29) is 17.7 Å². The molecule has 0 unspecified atom stereocenters. The van der Waals surface area contributed by atoms with Crippen molar-refractivity contribution >= 4 is 0 Å². The van der Waals surface area contributed by atoms with E-state index in [1.165, 1.54) is 12.3 Å². The zero-order valence-electron chi connectivity index (χ0n) is 7.58. The van der Waals surface area contributed by atoms with E-state index in [4.69, 9.17) is 14.9 Å². The van der Waals surface area contributed by atoms with Gasteiger partial charge in [-0.2, -0.15) is 0 Å². The highest BCUT2D eigenvalue weighted by molar-refractivity contribution is 5.17. The molecule has 4 nitrogen and oxygen atoms in total. The number of nitrogens with two attached hydrogens (primary N) is 1. The molecule has 1 aromatic rings. The molecule has 0 aliphatic carbocycles. The van der Waals surface area contributed by atoms with Crippen molar-refractivity contribution in [3.8, 4) is 5.75 Å². The van der Waals surface area contributed by atoms with Crippen molar-refractivity contribution in [2.24, 2.45) is 5.73 Å². The quantitative estimate of drug-likeness (QED) is 0.752. The number of hydrogen-bond acceptors (Lipinski definition) is 4. The molecule has 4 heteroatoms. The van der Waals surface area contributed by atoms with Crippen LogP contribution < -0.4 is 15.9 Å². The van der Waals surface area contributed by atoms with Gasteiger partial charge in [-0.05, 0) is 6.42 Å². The molecule has 0 atom stereocenters. The van der Waals surface area contributed by atoms with E-state index in [0.29, 0.717) is 12.4 Å². The molecule has 1 heterocycles. The molecular weight excluding hydrogens is 170 g/mol. The van der Waals surface area contributed by atoms with Crippen molar-refractivity contribution in [3.63, 3.8) is 0 Å². The first kappa shape index (κ1) is 9.80. The number of rotatable bonds is 4. The zero-order chi connectivity index (χ0) is 9.68. The molecule has 0 fully saturated rings. The summed E-state index contributed by atoms with van der Waals surface area (Å²) in [5, 5.41) is 0. The fourth-order valence-electron chi connectivity index (χ4n) is 0.863. The van der Waals surface area contributed by atoms with Gasteiger partial charge < -0.3 is 14.9 Å². The third-order valence-electron chi connectivity index (χ3n) is 1.52. The molecule has 0 aromatic carbocycles. The predicted octanol–water partition coefficient (Wildman–Crippen LogP) is 0.887. The van der Waals surface area contributed by atoms with Crippen LogP contribution in [-0.4, -0.2) is 6.61 Å². The molecule has 0 spiro atoms. The minimum Gasteiger partial charge on any atom is -0.487 e. The van der Waals surface area contributed by atoms with E-state index < -0.39 is 0 Å². The van der Waals surface area contributed by atoms with Crippen molar-refractivity contribution in [2.75, 3.05) is 6.61 Å². The minimum atomic E-state index is -0.180. The van der Waals surface area contributed by atoms with Crippen molar-refractivity contribution in [1.82, 2.24) is 0 Å². The van der Waals surface area contributed by atoms with Gasteiger partial charge >= 0.3 is 0 Å². The van der Waals surface area contributed by atoms with Crippen molar-refractivity contribution in [2.45, 2.75) is 19.9 Å². The summed E-state index contributed by atoms with van der Waals surface area (Å²) in [6.07, 6.45) is 2.16. The number of ether oxygens (including phenoxy) is 1. The maximum atomic E-state index is 11.3. The average molecular weight is 183 g/mol. The normalized spacial score (nSPS) is 10.0. The van der Waals surface area contributed by atoms with Crippen LogP contribution in [0.3, 0.4) is 0 Å². The first-order valence-corrected chi connectivity index (χ1v) is 4.22. The lowest BCUT2D eigenvalue weighted by molar-refractivity contribution is 0.300. The monoisotopic (exact) mass is 183 g/mol. The van der Waals surface area contributed by atoms with Crippen LogP contribution in [0.25, 0.3) is 0 Å². The highest BCUT2D eigenvalue weighted by atomic mass is 16.5. The van der Waals surface area contributed by atoms with E-state index in [9.17, 15) is 4.79 Å². The van der Waals surface area contributed by atoms with Gasteiger partial charge in [0.25, 0.3) is 0 Å². The molecule has 72 valence electrons. The van der Waals surface area contributed by atoms with Crippen LogP contribution in [0.1, 0.15) is 19.1 Å². The molecule has 13 heavy (non-hydrogen) atoms. The molecular formula is C9H13NO3. The topological polar surface area (TPSA) is 65.5 Å². The summed E-state index contributed by atoms with van der Waals surface area (Å²) in [4.78, 5) is 11.3.